The molecule has 1 unspecified atom stereocenters. The molecule has 1 nitrogen and oxygen atoms in total. The van der Waals surface area contributed by atoms with E-state index in [1.807, 2.05) is 12.1 Å². The minimum Gasteiger partial charge on any atom is -0.279 e. The van der Waals surface area contributed by atoms with Crippen LogP contribution in [-0.4, -0.2) is 11.5 Å². The molecule has 33 valence electrons. The summed E-state index contributed by atoms with van der Waals surface area (Å²) < 4.78 is 0. The van der Waals surface area contributed by atoms with Gasteiger partial charge in [0, 0.05) is 11.5 Å². The van der Waals surface area contributed by atoms with Crippen LogP contribution in [0.15, 0.2) is 4.99 Å². The highest BCUT2D eigenvalue weighted by Gasteiger charge is 2.01. The zero-order valence-electron chi connectivity index (χ0n) is 3.59. The summed E-state index contributed by atoms with van der Waals surface area (Å²) in [6.45, 7) is 2.12. The van der Waals surface area contributed by atoms with Gasteiger partial charge in [0.1, 0.15) is 5.88 Å². The summed E-state index contributed by atoms with van der Waals surface area (Å²) in [5.74, 6) is 1.87. The maximum atomic E-state index is 3.88. The fraction of sp³-hybridized carbons (Fsp3) is 0.500. The molecule has 0 fully saturated rings. The summed E-state index contributed by atoms with van der Waals surface area (Å²) in [5.41, 5.74) is 0. The van der Waals surface area contributed by atoms with Crippen LogP contribution < -0.4 is 0 Å². The Kier molecular flexibility index (Phi) is 1.15. The zero-order valence-corrected chi connectivity index (χ0v) is 4.40. The molecule has 0 spiro atoms. The summed E-state index contributed by atoms with van der Waals surface area (Å²) in [5, 5.41) is 0.616. The van der Waals surface area contributed by atoms with Gasteiger partial charge in [0.25, 0.3) is 0 Å². The topological polar surface area (TPSA) is 12.4 Å². The van der Waals surface area contributed by atoms with E-state index >= 15 is 0 Å². The molecule has 0 aromatic carbocycles. The second kappa shape index (κ2) is 1.65. The first-order valence-corrected chi connectivity index (χ1v) is 2.84. The van der Waals surface area contributed by atoms with Crippen molar-refractivity contribution < 1.29 is 0 Å². The second-order valence-electron chi connectivity index (χ2n) is 1.24. The number of hydrogen-bond donors (Lipinski definition) is 0. The predicted molar refractivity (Wildman–Crippen MR) is 29.8 cm³/mol. The lowest BCUT2D eigenvalue weighted by molar-refractivity contribution is 1.37. The van der Waals surface area contributed by atoms with Crippen molar-refractivity contribution in [2.24, 2.45) is 4.99 Å². The normalized spacial score (nSPS) is 31.8. The molecule has 1 atom stereocenters. The lowest BCUT2D eigenvalue weighted by Crippen LogP contribution is -1.86. The third kappa shape index (κ3) is 0.744. The average molecular weight is 100 g/mol. The van der Waals surface area contributed by atoms with Gasteiger partial charge in [-0.15, -0.1) is 11.8 Å². The van der Waals surface area contributed by atoms with E-state index in [-0.39, 0.29) is 0 Å². The first-order valence-electron chi connectivity index (χ1n) is 1.90. The molecule has 0 saturated carbocycles. The van der Waals surface area contributed by atoms with Gasteiger partial charge in [0.05, 0.1) is 0 Å². The van der Waals surface area contributed by atoms with E-state index in [9.17, 15) is 0 Å². The van der Waals surface area contributed by atoms with E-state index < -0.39 is 0 Å². The molecule has 1 rings (SSSR count). The quantitative estimate of drug-likeness (QED) is 0.447. The molecule has 2 heteroatoms. The van der Waals surface area contributed by atoms with Crippen LogP contribution in [0.1, 0.15) is 6.92 Å². The lowest BCUT2D eigenvalue weighted by atomic mass is 10.5. The van der Waals surface area contributed by atoms with Gasteiger partial charge in [-0.3, -0.25) is 4.99 Å². The van der Waals surface area contributed by atoms with Crippen LogP contribution in [0.4, 0.5) is 0 Å². The number of aliphatic imine (C=N–C) groups is 1. The molecule has 0 amide bonds. The summed E-state index contributed by atoms with van der Waals surface area (Å²) in [4.78, 5) is 3.88. The highest BCUT2D eigenvalue weighted by molar-refractivity contribution is 8.02. The third-order valence-corrected chi connectivity index (χ3v) is 1.43. The Balaban J connectivity index is 2.38. The Hall–Kier alpha value is 0.0200. The van der Waals surface area contributed by atoms with E-state index in [0.717, 1.165) is 0 Å². The van der Waals surface area contributed by atoms with Crippen molar-refractivity contribution in [1.29, 1.82) is 0 Å². The Morgan fingerprint density at radius 1 is 1.83 bits per heavy atom. The SMILES string of the molecule is CC1C=N[CH]S1. The van der Waals surface area contributed by atoms with Crippen LogP contribution in [0.25, 0.3) is 0 Å². The fourth-order valence-corrected chi connectivity index (χ4v) is 0.796. The molecule has 1 aliphatic heterocycles. The van der Waals surface area contributed by atoms with E-state index in [0.29, 0.717) is 5.25 Å². The standard InChI is InChI=1S/C4H6NS/c1-4-2-5-3-6-4/h2-4H,1H3. The van der Waals surface area contributed by atoms with E-state index in [1.165, 1.54) is 0 Å². The molecule has 0 aromatic heterocycles. The van der Waals surface area contributed by atoms with Gasteiger partial charge in [-0.1, -0.05) is 0 Å². The second-order valence-corrected chi connectivity index (χ2v) is 2.47. The minimum atomic E-state index is 0.616. The number of rotatable bonds is 0. The maximum absolute atomic E-state index is 3.88. The predicted octanol–water partition coefficient (Wildman–Crippen LogP) is 1.31. The molecule has 1 aliphatic rings. The Morgan fingerprint density at radius 2 is 2.67 bits per heavy atom. The molecule has 1 heterocycles. The van der Waals surface area contributed by atoms with E-state index in [4.69, 9.17) is 0 Å². The van der Waals surface area contributed by atoms with Crippen LogP contribution >= 0.6 is 11.8 Å². The van der Waals surface area contributed by atoms with Crippen molar-refractivity contribution >= 4 is 18.0 Å². The molecule has 0 N–H and O–H groups in total. The van der Waals surface area contributed by atoms with Crippen molar-refractivity contribution in [3.63, 3.8) is 0 Å². The van der Waals surface area contributed by atoms with Crippen molar-refractivity contribution in [3.05, 3.63) is 5.88 Å². The number of nitrogens with zero attached hydrogens (tertiary/aromatic N) is 1. The summed E-state index contributed by atoms with van der Waals surface area (Å²) in [6.07, 6.45) is 1.94. The molecule has 0 aromatic rings. The summed E-state index contributed by atoms with van der Waals surface area (Å²) in [6, 6.07) is 0. The number of hydrogen-bond acceptors (Lipinski definition) is 2. The molecule has 0 bridgehead atoms. The van der Waals surface area contributed by atoms with Gasteiger partial charge >= 0.3 is 0 Å². The Labute approximate surface area is 41.8 Å². The average Bonchev–Trinajstić information content (AvgIpc) is 1.86. The fourth-order valence-electron chi connectivity index (χ4n) is 0.323. The van der Waals surface area contributed by atoms with Crippen molar-refractivity contribution in [2.75, 3.05) is 0 Å². The van der Waals surface area contributed by atoms with Gasteiger partial charge in [-0.2, -0.15) is 0 Å². The van der Waals surface area contributed by atoms with Gasteiger partial charge in [0.2, 0.25) is 0 Å². The molecule has 6 heavy (non-hydrogen) atoms. The van der Waals surface area contributed by atoms with Gasteiger partial charge in [0.15, 0.2) is 0 Å². The minimum absolute atomic E-state index is 0.616. The van der Waals surface area contributed by atoms with Crippen molar-refractivity contribution in [3.8, 4) is 0 Å². The van der Waals surface area contributed by atoms with Crippen LogP contribution in [-0.2, 0) is 0 Å². The third-order valence-electron chi connectivity index (χ3n) is 0.632. The Morgan fingerprint density at radius 3 is 2.83 bits per heavy atom. The monoisotopic (exact) mass is 100 g/mol. The zero-order chi connectivity index (χ0) is 4.41. The van der Waals surface area contributed by atoms with Crippen LogP contribution in [0.2, 0.25) is 0 Å². The van der Waals surface area contributed by atoms with E-state index in [2.05, 4.69) is 11.9 Å². The van der Waals surface area contributed by atoms with Gasteiger partial charge in [-0.25, -0.2) is 0 Å². The molecular formula is C4H6NS. The largest absolute Gasteiger partial charge is 0.279 e. The lowest BCUT2D eigenvalue weighted by Gasteiger charge is -1.86. The molecular weight excluding hydrogens is 94.1 g/mol. The van der Waals surface area contributed by atoms with Crippen LogP contribution in [0.5, 0.6) is 0 Å². The molecule has 0 aliphatic carbocycles. The van der Waals surface area contributed by atoms with Crippen LogP contribution in [0, 0.1) is 5.88 Å². The maximum Gasteiger partial charge on any atom is 0.127 e. The highest BCUT2D eigenvalue weighted by Crippen LogP contribution is 2.17. The van der Waals surface area contributed by atoms with Crippen molar-refractivity contribution in [1.82, 2.24) is 0 Å². The summed E-state index contributed by atoms with van der Waals surface area (Å²) in [7, 11) is 0. The van der Waals surface area contributed by atoms with E-state index in [1.54, 1.807) is 11.8 Å². The Bertz CT molecular complexity index is 69.9. The highest BCUT2D eigenvalue weighted by atomic mass is 32.2. The number of thioether (sulfide) groups is 1. The smallest absolute Gasteiger partial charge is 0.127 e. The van der Waals surface area contributed by atoms with Gasteiger partial charge in [-0.05, 0) is 6.92 Å². The summed E-state index contributed by atoms with van der Waals surface area (Å²) >= 11 is 1.75. The van der Waals surface area contributed by atoms with Crippen LogP contribution in [0.3, 0.4) is 0 Å². The molecule has 1 radical (unpaired) electrons. The first kappa shape index (κ1) is 4.19. The van der Waals surface area contributed by atoms with Gasteiger partial charge < -0.3 is 0 Å². The molecule has 0 saturated heterocycles. The first-order chi connectivity index (χ1) is 2.89. The van der Waals surface area contributed by atoms with Crippen molar-refractivity contribution in [2.45, 2.75) is 12.2 Å².